The second kappa shape index (κ2) is 10.4. The van der Waals surface area contributed by atoms with E-state index in [4.69, 9.17) is 9.47 Å². The van der Waals surface area contributed by atoms with Gasteiger partial charge >= 0.3 is 5.97 Å². The molecule has 0 spiro atoms. The summed E-state index contributed by atoms with van der Waals surface area (Å²) in [5, 5.41) is 15.0. The Kier molecular flexibility index (Phi) is 7.42. The van der Waals surface area contributed by atoms with E-state index < -0.39 is 16.8 Å². The van der Waals surface area contributed by atoms with Crippen LogP contribution in [0.5, 0.6) is 5.75 Å². The van der Waals surface area contributed by atoms with Crippen molar-refractivity contribution in [1.29, 1.82) is 0 Å². The predicted octanol–water partition coefficient (Wildman–Crippen LogP) is 3.95. The number of aromatic nitrogens is 1. The zero-order valence-corrected chi connectivity index (χ0v) is 19.2. The third kappa shape index (κ3) is 5.12. The number of hydrogen-bond acceptors (Lipinski definition) is 7. The molecule has 0 radical (unpaired) electrons. The van der Waals surface area contributed by atoms with E-state index in [2.05, 4.69) is 10.5 Å². The standard InChI is InChI=1S/C24H24N4O6/c1-5-34-24(30)17-7-6-8-19(12-17)27-15(2)11-18(16(27)3)14-25-26-23(29)21-13-20(28(31)32)9-10-22(21)33-4/h6-14H,5H2,1-4H3,(H,26,29)/b25-14-. The third-order valence-corrected chi connectivity index (χ3v) is 5.09. The van der Waals surface area contributed by atoms with Crippen LogP contribution in [0.3, 0.4) is 0 Å². The molecule has 0 aliphatic heterocycles. The molecule has 0 saturated carbocycles. The molecule has 0 saturated heterocycles. The lowest BCUT2D eigenvalue weighted by Crippen LogP contribution is -2.18. The number of nitrogens with zero attached hydrogens (tertiary/aromatic N) is 3. The van der Waals surface area contributed by atoms with E-state index in [0.29, 0.717) is 12.2 Å². The Balaban J connectivity index is 1.83. The van der Waals surface area contributed by atoms with E-state index in [9.17, 15) is 19.7 Å². The molecule has 10 nitrogen and oxygen atoms in total. The molecule has 3 rings (SSSR count). The molecule has 3 aromatic rings. The number of methoxy groups -OCH3 is 1. The second-order valence-corrected chi connectivity index (χ2v) is 7.27. The predicted molar refractivity (Wildman–Crippen MR) is 126 cm³/mol. The lowest BCUT2D eigenvalue weighted by molar-refractivity contribution is -0.384. The van der Waals surface area contributed by atoms with Crippen LogP contribution in [0.2, 0.25) is 0 Å². The highest BCUT2D eigenvalue weighted by Crippen LogP contribution is 2.24. The summed E-state index contributed by atoms with van der Waals surface area (Å²) >= 11 is 0. The van der Waals surface area contributed by atoms with Gasteiger partial charge in [0.15, 0.2) is 0 Å². The fourth-order valence-corrected chi connectivity index (χ4v) is 3.51. The fourth-order valence-electron chi connectivity index (χ4n) is 3.51. The number of hydrazone groups is 1. The number of esters is 1. The minimum atomic E-state index is -0.646. The number of carbonyl (C=O) groups is 2. The van der Waals surface area contributed by atoms with Crippen molar-refractivity contribution < 1.29 is 24.0 Å². The lowest BCUT2D eigenvalue weighted by Gasteiger charge is -2.11. The van der Waals surface area contributed by atoms with E-state index in [1.54, 1.807) is 25.1 Å². The van der Waals surface area contributed by atoms with Crippen molar-refractivity contribution in [2.75, 3.05) is 13.7 Å². The highest BCUT2D eigenvalue weighted by atomic mass is 16.6. The first-order valence-corrected chi connectivity index (χ1v) is 10.4. The molecular weight excluding hydrogens is 440 g/mol. The van der Waals surface area contributed by atoms with Crippen LogP contribution in [0, 0.1) is 24.0 Å². The van der Waals surface area contributed by atoms with Crippen LogP contribution in [0.4, 0.5) is 5.69 Å². The van der Waals surface area contributed by atoms with Gasteiger partial charge in [-0.2, -0.15) is 5.10 Å². The number of benzene rings is 2. The Labute approximate surface area is 196 Å². The van der Waals surface area contributed by atoms with Gasteiger partial charge in [0.05, 0.1) is 36.0 Å². The van der Waals surface area contributed by atoms with E-state index in [1.165, 1.54) is 25.5 Å². The molecule has 1 N–H and O–H groups in total. The number of aryl methyl sites for hydroxylation is 1. The third-order valence-electron chi connectivity index (χ3n) is 5.09. The van der Waals surface area contributed by atoms with Crippen molar-refractivity contribution in [2.45, 2.75) is 20.8 Å². The summed E-state index contributed by atoms with van der Waals surface area (Å²) in [5.41, 5.74) is 5.84. The van der Waals surface area contributed by atoms with Gasteiger partial charge in [-0.1, -0.05) is 6.07 Å². The minimum Gasteiger partial charge on any atom is -0.496 e. The summed E-state index contributed by atoms with van der Waals surface area (Å²) in [7, 11) is 1.37. The number of nitrogens with one attached hydrogen (secondary N) is 1. The molecule has 176 valence electrons. The molecule has 1 heterocycles. The molecule has 1 amide bonds. The SMILES string of the molecule is CCOC(=O)c1cccc(-n2c(C)cc(/C=N\NC(=O)c3cc([N+](=O)[O-])ccc3OC)c2C)c1. The number of carbonyl (C=O) groups excluding carboxylic acids is 2. The average molecular weight is 464 g/mol. The maximum absolute atomic E-state index is 12.5. The molecule has 0 atom stereocenters. The van der Waals surface area contributed by atoms with Gasteiger partial charge in [0, 0.05) is 34.8 Å². The summed E-state index contributed by atoms with van der Waals surface area (Å²) in [6, 6.07) is 12.7. The number of nitro benzene ring substituents is 1. The van der Waals surface area contributed by atoms with Crippen molar-refractivity contribution in [2.24, 2.45) is 5.10 Å². The summed E-state index contributed by atoms with van der Waals surface area (Å²) in [6.45, 7) is 5.84. The molecule has 1 aromatic heterocycles. The van der Waals surface area contributed by atoms with Gasteiger partial charge in [-0.25, -0.2) is 10.2 Å². The molecule has 0 aliphatic carbocycles. The normalized spacial score (nSPS) is 10.8. The average Bonchev–Trinajstić information content (AvgIpc) is 3.11. The Bertz CT molecular complexity index is 1280. The van der Waals surface area contributed by atoms with Crippen LogP contribution >= 0.6 is 0 Å². The number of amides is 1. The quantitative estimate of drug-likeness (QED) is 0.233. The van der Waals surface area contributed by atoms with E-state index in [1.807, 2.05) is 30.5 Å². The Morgan fingerprint density at radius 1 is 1.18 bits per heavy atom. The van der Waals surface area contributed by atoms with Gasteiger partial charge in [-0.3, -0.25) is 14.9 Å². The number of nitro groups is 1. The number of ether oxygens (including phenoxy) is 2. The summed E-state index contributed by atoms with van der Waals surface area (Å²) < 4.78 is 12.2. The van der Waals surface area contributed by atoms with Crippen LogP contribution in [0.15, 0.2) is 53.6 Å². The Hall–Kier alpha value is -4.47. The molecule has 10 heteroatoms. The van der Waals surface area contributed by atoms with Gasteiger partial charge in [-0.05, 0) is 51.1 Å². The minimum absolute atomic E-state index is 0.00453. The van der Waals surface area contributed by atoms with Crippen LogP contribution < -0.4 is 10.2 Å². The van der Waals surface area contributed by atoms with Gasteiger partial charge in [0.25, 0.3) is 11.6 Å². The lowest BCUT2D eigenvalue weighted by atomic mass is 10.1. The first kappa shape index (κ1) is 24.2. The zero-order valence-electron chi connectivity index (χ0n) is 19.2. The first-order valence-electron chi connectivity index (χ1n) is 10.4. The zero-order chi connectivity index (χ0) is 24.8. The molecular formula is C24H24N4O6. The molecule has 0 unspecified atom stereocenters. The van der Waals surface area contributed by atoms with Crippen LogP contribution in [0.25, 0.3) is 5.69 Å². The highest BCUT2D eigenvalue weighted by Gasteiger charge is 2.17. The summed E-state index contributed by atoms with van der Waals surface area (Å²) in [5.74, 6) is -0.849. The van der Waals surface area contributed by atoms with E-state index >= 15 is 0 Å². The van der Waals surface area contributed by atoms with Crippen LogP contribution in [-0.4, -0.2) is 41.3 Å². The number of non-ortho nitro benzene ring substituents is 1. The van der Waals surface area contributed by atoms with Crippen molar-refractivity contribution in [1.82, 2.24) is 9.99 Å². The smallest absolute Gasteiger partial charge is 0.338 e. The molecule has 0 bridgehead atoms. The number of rotatable bonds is 8. The molecule has 0 aliphatic rings. The largest absolute Gasteiger partial charge is 0.496 e. The van der Waals surface area contributed by atoms with Gasteiger partial charge in [0.1, 0.15) is 5.75 Å². The summed E-state index contributed by atoms with van der Waals surface area (Å²) in [6.07, 6.45) is 1.48. The number of hydrogen-bond donors (Lipinski definition) is 1. The molecule has 34 heavy (non-hydrogen) atoms. The monoisotopic (exact) mass is 464 g/mol. The van der Waals surface area contributed by atoms with Crippen molar-refractivity contribution in [3.8, 4) is 11.4 Å². The van der Waals surface area contributed by atoms with Crippen molar-refractivity contribution in [3.63, 3.8) is 0 Å². The summed E-state index contributed by atoms with van der Waals surface area (Å²) in [4.78, 5) is 35.1. The van der Waals surface area contributed by atoms with Crippen LogP contribution in [0.1, 0.15) is 44.6 Å². The van der Waals surface area contributed by atoms with Crippen molar-refractivity contribution in [3.05, 3.63) is 86.7 Å². The molecule has 0 fully saturated rings. The maximum Gasteiger partial charge on any atom is 0.338 e. The van der Waals surface area contributed by atoms with Gasteiger partial charge in [-0.15, -0.1) is 0 Å². The fraction of sp³-hybridized carbons (Fsp3) is 0.208. The van der Waals surface area contributed by atoms with Gasteiger partial charge < -0.3 is 14.0 Å². The Morgan fingerprint density at radius 2 is 1.94 bits per heavy atom. The van der Waals surface area contributed by atoms with Crippen LogP contribution in [-0.2, 0) is 4.74 Å². The van der Waals surface area contributed by atoms with E-state index in [0.717, 1.165) is 28.7 Å². The first-order chi connectivity index (χ1) is 16.3. The Morgan fingerprint density at radius 3 is 2.62 bits per heavy atom. The highest BCUT2D eigenvalue weighted by molar-refractivity contribution is 5.98. The van der Waals surface area contributed by atoms with Crippen molar-refractivity contribution >= 4 is 23.8 Å². The topological polar surface area (TPSA) is 125 Å². The molecule has 2 aromatic carbocycles. The maximum atomic E-state index is 12.5. The van der Waals surface area contributed by atoms with Gasteiger partial charge in [0.2, 0.25) is 0 Å². The second-order valence-electron chi connectivity index (χ2n) is 7.27. The van der Waals surface area contributed by atoms with E-state index in [-0.39, 0.29) is 17.0 Å².